The molecule has 1 aromatic rings. The summed E-state index contributed by atoms with van der Waals surface area (Å²) in [6.45, 7) is 3.93. The molecule has 0 aliphatic rings. The van der Waals surface area contributed by atoms with Gasteiger partial charge in [-0.1, -0.05) is 6.92 Å². The molecule has 1 heterocycles. The van der Waals surface area contributed by atoms with Gasteiger partial charge in [0.05, 0.1) is 11.9 Å². The molecule has 13 heavy (non-hydrogen) atoms. The van der Waals surface area contributed by atoms with Crippen LogP contribution in [0.2, 0.25) is 0 Å². The van der Waals surface area contributed by atoms with Crippen LogP contribution in [0.25, 0.3) is 0 Å². The van der Waals surface area contributed by atoms with Crippen molar-refractivity contribution in [3.63, 3.8) is 0 Å². The standard InChI is InChI=1S/C10H14N2O/c1-3-4-10(13)12-9-5-8(2)6-11-7-9/h5-7H,3-4H2,1-2H3,(H,12,13). The molecule has 0 bridgehead atoms. The van der Waals surface area contributed by atoms with E-state index < -0.39 is 0 Å². The summed E-state index contributed by atoms with van der Waals surface area (Å²) in [5.74, 6) is 0.0508. The number of hydrogen-bond donors (Lipinski definition) is 1. The van der Waals surface area contributed by atoms with Gasteiger partial charge in [-0.15, -0.1) is 0 Å². The molecule has 0 unspecified atom stereocenters. The van der Waals surface area contributed by atoms with Crippen molar-refractivity contribution >= 4 is 11.6 Å². The third kappa shape index (κ3) is 3.23. The van der Waals surface area contributed by atoms with Crippen LogP contribution in [0.5, 0.6) is 0 Å². The summed E-state index contributed by atoms with van der Waals surface area (Å²) in [4.78, 5) is 15.2. The molecule has 0 radical (unpaired) electrons. The van der Waals surface area contributed by atoms with Gasteiger partial charge in [0.25, 0.3) is 0 Å². The van der Waals surface area contributed by atoms with E-state index in [9.17, 15) is 4.79 Å². The normalized spacial score (nSPS) is 9.69. The number of carbonyl (C=O) groups is 1. The van der Waals surface area contributed by atoms with E-state index >= 15 is 0 Å². The molecule has 0 fully saturated rings. The summed E-state index contributed by atoms with van der Waals surface area (Å²) in [5.41, 5.74) is 1.83. The molecule has 1 aromatic heterocycles. The summed E-state index contributed by atoms with van der Waals surface area (Å²) in [6.07, 6.45) is 4.84. The number of nitrogens with one attached hydrogen (secondary N) is 1. The van der Waals surface area contributed by atoms with Gasteiger partial charge in [-0.2, -0.15) is 0 Å². The highest BCUT2D eigenvalue weighted by Crippen LogP contribution is 2.07. The fourth-order valence-corrected chi connectivity index (χ4v) is 1.07. The van der Waals surface area contributed by atoms with E-state index in [4.69, 9.17) is 0 Å². The van der Waals surface area contributed by atoms with E-state index in [1.54, 1.807) is 12.4 Å². The molecule has 3 heteroatoms. The molecule has 0 spiro atoms. The molecule has 1 N–H and O–H groups in total. The maximum Gasteiger partial charge on any atom is 0.224 e. The molecule has 0 saturated carbocycles. The van der Waals surface area contributed by atoms with Gasteiger partial charge in [0.15, 0.2) is 0 Å². The molecule has 1 rings (SSSR count). The lowest BCUT2D eigenvalue weighted by atomic mass is 10.3. The predicted octanol–water partition coefficient (Wildman–Crippen LogP) is 2.13. The minimum Gasteiger partial charge on any atom is -0.325 e. The molecule has 0 aliphatic carbocycles. The first-order valence-electron chi connectivity index (χ1n) is 4.44. The first-order chi connectivity index (χ1) is 6.22. The Morgan fingerprint density at radius 3 is 2.92 bits per heavy atom. The Labute approximate surface area is 78.2 Å². The highest BCUT2D eigenvalue weighted by atomic mass is 16.1. The Bertz CT molecular complexity index is 297. The van der Waals surface area contributed by atoms with Crippen molar-refractivity contribution in [3.05, 3.63) is 24.0 Å². The minimum atomic E-state index is 0.0508. The number of hydrogen-bond acceptors (Lipinski definition) is 2. The van der Waals surface area contributed by atoms with Gasteiger partial charge < -0.3 is 5.32 Å². The van der Waals surface area contributed by atoms with Crippen molar-refractivity contribution in [1.29, 1.82) is 0 Å². The van der Waals surface area contributed by atoms with Crippen LogP contribution in [-0.4, -0.2) is 10.9 Å². The van der Waals surface area contributed by atoms with E-state index in [-0.39, 0.29) is 5.91 Å². The lowest BCUT2D eigenvalue weighted by Crippen LogP contribution is -2.10. The molecule has 70 valence electrons. The van der Waals surface area contributed by atoms with Gasteiger partial charge >= 0.3 is 0 Å². The Balaban J connectivity index is 2.58. The third-order valence-electron chi connectivity index (χ3n) is 1.64. The highest BCUT2D eigenvalue weighted by Gasteiger charge is 1.99. The maximum atomic E-state index is 11.2. The van der Waals surface area contributed by atoms with Gasteiger partial charge in [0, 0.05) is 12.6 Å². The molecular formula is C10H14N2O. The molecule has 3 nitrogen and oxygen atoms in total. The number of aryl methyl sites for hydroxylation is 1. The van der Waals surface area contributed by atoms with Crippen LogP contribution < -0.4 is 5.32 Å². The van der Waals surface area contributed by atoms with E-state index in [0.29, 0.717) is 6.42 Å². The summed E-state index contributed by atoms with van der Waals surface area (Å²) < 4.78 is 0. The van der Waals surface area contributed by atoms with Crippen molar-refractivity contribution in [1.82, 2.24) is 4.98 Å². The third-order valence-corrected chi connectivity index (χ3v) is 1.64. The summed E-state index contributed by atoms with van der Waals surface area (Å²) in [7, 11) is 0. The smallest absolute Gasteiger partial charge is 0.224 e. The van der Waals surface area contributed by atoms with Crippen LogP contribution in [0.4, 0.5) is 5.69 Å². The Morgan fingerprint density at radius 1 is 1.54 bits per heavy atom. The Hall–Kier alpha value is -1.38. The molecule has 0 atom stereocenters. The number of carbonyl (C=O) groups excluding carboxylic acids is 1. The van der Waals surface area contributed by atoms with Crippen molar-refractivity contribution < 1.29 is 4.79 Å². The van der Waals surface area contributed by atoms with Gasteiger partial charge in [-0.25, -0.2) is 0 Å². The van der Waals surface area contributed by atoms with Crippen LogP contribution in [-0.2, 0) is 4.79 Å². The van der Waals surface area contributed by atoms with Crippen LogP contribution in [0.15, 0.2) is 18.5 Å². The van der Waals surface area contributed by atoms with Gasteiger partial charge in [-0.3, -0.25) is 9.78 Å². The number of nitrogens with zero attached hydrogens (tertiary/aromatic N) is 1. The van der Waals surface area contributed by atoms with Crippen LogP contribution >= 0.6 is 0 Å². The highest BCUT2D eigenvalue weighted by molar-refractivity contribution is 5.90. The lowest BCUT2D eigenvalue weighted by molar-refractivity contribution is -0.116. The number of amides is 1. The van der Waals surface area contributed by atoms with E-state index in [0.717, 1.165) is 17.7 Å². The average molecular weight is 178 g/mol. The monoisotopic (exact) mass is 178 g/mol. The van der Waals surface area contributed by atoms with Crippen molar-refractivity contribution in [2.45, 2.75) is 26.7 Å². The molecular weight excluding hydrogens is 164 g/mol. The predicted molar refractivity (Wildman–Crippen MR) is 52.5 cm³/mol. The van der Waals surface area contributed by atoms with Gasteiger partial charge in [0.1, 0.15) is 0 Å². The number of anilines is 1. The summed E-state index contributed by atoms with van der Waals surface area (Å²) in [5, 5.41) is 2.78. The topological polar surface area (TPSA) is 42.0 Å². The largest absolute Gasteiger partial charge is 0.325 e. The molecule has 0 aliphatic heterocycles. The Kier molecular flexibility index (Phi) is 3.43. The number of pyridine rings is 1. The van der Waals surface area contributed by atoms with E-state index in [1.165, 1.54) is 0 Å². The fraction of sp³-hybridized carbons (Fsp3) is 0.400. The van der Waals surface area contributed by atoms with Crippen molar-refractivity contribution in [3.8, 4) is 0 Å². The van der Waals surface area contributed by atoms with Crippen molar-refractivity contribution in [2.75, 3.05) is 5.32 Å². The average Bonchev–Trinajstić information content (AvgIpc) is 2.04. The first kappa shape index (κ1) is 9.71. The number of rotatable bonds is 3. The zero-order chi connectivity index (χ0) is 9.68. The van der Waals surface area contributed by atoms with Crippen LogP contribution in [0.3, 0.4) is 0 Å². The zero-order valence-corrected chi connectivity index (χ0v) is 8.00. The summed E-state index contributed by atoms with van der Waals surface area (Å²) >= 11 is 0. The van der Waals surface area contributed by atoms with Crippen LogP contribution in [0.1, 0.15) is 25.3 Å². The molecule has 0 saturated heterocycles. The van der Waals surface area contributed by atoms with Gasteiger partial charge in [-0.05, 0) is 25.0 Å². The van der Waals surface area contributed by atoms with Crippen LogP contribution in [0, 0.1) is 6.92 Å². The van der Waals surface area contributed by atoms with E-state index in [1.807, 2.05) is 19.9 Å². The summed E-state index contributed by atoms with van der Waals surface area (Å²) in [6, 6.07) is 1.90. The SMILES string of the molecule is CCCC(=O)Nc1cncc(C)c1. The Morgan fingerprint density at radius 2 is 2.31 bits per heavy atom. The maximum absolute atomic E-state index is 11.2. The molecule has 0 aromatic carbocycles. The second-order valence-corrected chi connectivity index (χ2v) is 3.05. The molecule has 1 amide bonds. The first-order valence-corrected chi connectivity index (χ1v) is 4.44. The zero-order valence-electron chi connectivity index (χ0n) is 8.00. The second-order valence-electron chi connectivity index (χ2n) is 3.05. The lowest BCUT2D eigenvalue weighted by Gasteiger charge is -2.03. The van der Waals surface area contributed by atoms with Crippen molar-refractivity contribution in [2.24, 2.45) is 0 Å². The minimum absolute atomic E-state index is 0.0508. The van der Waals surface area contributed by atoms with E-state index in [2.05, 4.69) is 10.3 Å². The number of aromatic nitrogens is 1. The van der Waals surface area contributed by atoms with Gasteiger partial charge in [0.2, 0.25) is 5.91 Å². The second kappa shape index (κ2) is 4.60. The quantitative estimate of drug-likeness (QED) is 0.770. The fourth-order valence-electron chi connectivity index (χ4n) is 1.07.